The highest BCUT2D eigenvalue weighted by Gasteiger charge is 2.31. The molecule has 1 rings (SSSR count). The van der Waals surface area contributed by atoms with E-state index in [1.165, 1.54) is 0 Å². The van der Waals surface area contributed by atoms with Crippen LogP contribution in [0.3, 0.4) is 0 Å². The average Bonchev–Trinajstić information content (AvgIpc) is 2.39. The van der Waals surface area contributed by atoms with Crippen LogP contribution in [0.25, 0.3) is 0 Å². The lowest BCUT2D eigenvalue weighted by Crippen LogP contribution is -2.54. The summed E-state index contributed by atoms with van der Waals surface area (Å²) in [7, 11) is 0. The highest BCUT2D eigenvalue weighted by atomic mass is 16.2. The van der Waals surface area contributed by atoms with Crippen molar-refractivity contribution in [1.82, 2.24) is 14.8 Å². The van der Waals surface area contributed by atoms with Gasteiger partial charge in [0.1, 0.15) is 12.4 Å². The Balaban J connectivity index is 2.72. The van der Waals surface area contributed by atoms with Crippen molar-refractivity contribution in [3.63, 3.8) is 0 Å². The summed E-state index contributed by atoms with van der Waals surface area (Å²) in [6.45, 7) is 12.8. The zero-order valence-electron chi connectivity index (χ0n) is 12.3. The van der Waals surface area contributed by atoms with Crippen LogP contribution in [0.4, 0.5) is 0 Å². The number of amides is 1. The van der Waals surface area contributed by atoms with Crippen LogP contribution < -0.4 is 0 Å². The lowest BCUT2D eigenvalue weighted by Gasteiger charge is -2.38. The van der Waals surface area contributed by atoms with E-state index in [2.05, 4.69) is 37.7 Å². The van der Waals surface area contributed by atoms with E-state index in [0.717, 1.165) is 19.5 Å². The van der Waals surface area contributed by atoms with Crippen molar-refractivity contribution in [3.05, 3.63) is 0 Å². The molecule has 0 bridgehead atoms. The highest BCUT2D eigenvalue weighted by Crippen LogP contribution is 2.14. The molecule has 1 amide bonds. The highest BCUT2D eigenvalue weighted by molar-refractivity contribution is 5.86. The first-order chi connectivity index (χ1) is 8.54. The molecule has 0 aromatic carbocycles. The Labute approximate surface area is 110 Å². The maximum absolute atomic E-state index is 12.3. The van der Waals surface area contributed by atoms with Gasteiger partial charge in [-0.2, -0.15) is 5.10 Å². The molecular weight excluding hydrogens is 228 g/mol. The van der Waals surface area contributed by atoms with Gasteiger partial charge in [-0.25, -0.2) is 5.01 Å². The number of hydrogen-bond acceptors (Lipinski definition) is 4. The summed E-state index contributed by atoms with van der Waals surface area (Å²) in [6.07, 6.45) is 2.82. The topological polar surface area (TPSA) is 39.1 Å². The first kappa shape index (κ1) is 15.0. The quantitative estimate of drug-likeness (QED) is 0.722. The summed E-state index contributed by atoms with van der Waals surface area (Å²) in [5.74, 6) is 0.0877. The largest absolute Gasteiger partial charge is 0.347 e. The number of carbonyl (C=O) groups excluding carboxylic acids is 1. The number of carbonyl (C=O) groups is 1. The number of nitrogens with zero attached hydrogens (tertiary/aromatic N) is 4. The lowest BCUT2D eigenvalue weighted by molar-refractivity contribution is -0.139. The van der Waals surface area contributed by atoms with E-state index < -0.39 is 0 Å². The summed E-state index contributed by atoms with van der Waals surface area (Å²) in [5.41, 5.74) is 0. The predicted molar refractivity (Wildman–Crippen MR) is 74.2 cm³/mol. The van der Waals surface area contributed by atoms with E-state index >= 15 is 0 Å². The van der Waals surface area contributed by atoms with Crippen molar-refractivity contribution < 1.29 is 4.79 Å². The molecule has 2 atom stereocenters. The molecule has 18 heavy (non-hydrogen) atoms. The standard InChI is InChI=1S/C13H26N4O/c1-6-11(4)16-9-14-17(13(18)12(16)5)10-15(7-2)8-3/h9,11-12H,6-8,10H2,1-5H3/t11-,12-/m1/s1. The second-order valence-corrected chi connectivity index (χ2v) is 4.79. The van der Waals surface area contributed by atoms with Crippen LogP contribution in [-0.2, 0) is 4.79 Å². The molecule has 0 spiro atoms. The Morgan fingerprint density at radius 2 is 2.00 bits per heavy atom. The summed E-state index contributed by atoms with van der Waals surface area (Å²) in [4.78, 5) is 16.5. The third-order valence-electron chi connectivity index (χ3n) is 3.71. The molecule has 0 aliphatic carbocycles. The normalized spacial score (nSPS) is 21.9. The van der Waals surface area contributed by atoms with Gasteiger partial charge in [-0.3, -0.25) is 9.69 Å². The van der Waals surface area contributed by atoms with Gasteiger partial charge >= 0.3 is 0 Å². The lowest BCUT2D eigenvalue weighted by atomic mass is 10.1. The van der Waals surface area contributed by atoms with E-state index in [4.69, 9.17) is 0 Å². The van der Waals surface area contributed by atoms with Crippen LogP contribution >= 0.6 is 0 Å². The summed E-state index contributed by atoms with van der Waals surface area (Å²) in [6, 6.07) is 0.233. The molecule has 0 unspecified atom stereocenters. The van der Waals surface area contributed by atoms with Gasteiger partial charge in [-0.05, 0) is 33.4 Å². The minimum atomic E-state index is -0.118. The van der Waals surface area contributed by atoms with Gasteiger partial charge in [0.2, 0.25) is 0 Å². The van der Waals surface area contributed by atoms with Gasteiger partial charge in [-0.1, -0.05) is 20.8 Å². The maximum atomic E-state index is 12.3. The van der Waals surface area contributed by atoms with Crippen LogP contribution in [-0.4, -0.2) is 58.9 Å². The van der Waals surface area contributed by atoms with Gasteiger partial charge in [-0.15, -0.1) is 0 Å². The Morgan fingerprint density at radius 1 is 1.39 bits per heavy atom. The van der Waals surface area contributed by atoms with Gasteiger partial charge < -0.3 is 4.90 Å². The number of hydrazone groups is 1. The Kier molecular flexibility index (Phi) is 5.59. The van der Waals surface area contributed by atoms with Gasteiger partial charge in [0.05, 0.1) is 6.67 Å². The molecule has 5 heteroatoms. The van der Waals surface area contributed by atoms with Crippen molar-refractivity contribution in [2.45, 2.75) is 53.1 Å². The average molecular weight is 254 g/mol. The zero-order valence-corrected chi connectivity index (χ0v) is 12.3. The molecule has 104 valence electrons. The molecule has 5 nitrogen and oxygen atoms in total. The van der Waals surface area contributed by atoms with Gasteiger partial charge in [0, 0.05) is 6.04 Å². The second-order valence-electron chi connectivity index (χ2n) is 4.79. The Bertz CT molecular complexity index is 301. The molecule has 0 radical (unpaired) electrons. The van der Waals surface area contributed by atoms with E-state index in [1.54, 1.807) is 5.01 Å². The predicted octanol–water partition coefficient (Wildman–Crippen LogP) is 1.56. The minimum Gasteiger partial charge on any atom is -0.347 e. The van der Waals surface area contributed by atoms with Crippen LogP contribution in [0.2, 0.25) is 0 Å². The summed E-state index contributed by atoms with van der Waals surface area (Å²) < 4.78 is 0. The molecule has 0 aromatic rings. The Hall–Kier alpha value is -1.10. The molecule has 0 saturated heterocycles. The smallest absolute Gasteiger partial charge is 0.266 e. The van der Waals surface area contributed by atoms with Crippen molar-refractivity contribution in [3.8, 4) is 0 Å². The zero-order chi connectivity index (χ0) is 13.7. The van der Waals surface area contributed by atoms with Crippen molar-refractivity contribution >= 4 is 12.2 Å². The maximum Gasteiger partial charge on any atom is 0.266 e. The first-order valence-electron chi connectivity index (χ1n) is 6.90. The Morgan fingerprint density at radius 3 is 2.50 bits per heavy atom. The molecule has 1 aliphatic rings. The third kappa shape index (κ3) is 3.22. The van der Waals surface area contributed by atoms with E-state index in [9.17, 15) is 4.79 Å². The molecule has 0 aromatic heterocycles. The van der Waals surface area contributed by atoms with Crippen LogP contribution in [0.1, 0.15) is 41.0 Å². The monoisotopic (exact) mass is 254 g/mol. The van der Waals surface area contributed by atoms with Gasteiger partial charge in [0.25, 0.3) is 5.91 Å². The fraction of sp³-hybridized carbons (Fsp3) is 0.846. The van der Waals surface area contributed by atoms with Crippen molar-refractivity contribution in [2.24, 2.45) is 5.10 Å². The van der Waals surface area contributed by atoms with Crippen molar-refractivity contribution in [1.29, 1.82) is 0 Å². The fourth-order valence-corrected chi connectivity index (χ4v) is 2.05. The minimum absolute atomic E-state index is 0.0877. The third-order valence-corrected chi connectivity index (χ3v) is 3.71. The van der Waals surface area contributed by atoms with E-state index in [0.29, 0.717) is 12.7 Å². The molecular formula is C13H26N4O. The fourth-order valence-electron chi connectivity index (χ4n) is 2.05. The molecule has 0 fully saturated rings. The van der Waals surface area contributed by atoms with Crippen molar-refractivity contribution in [2.75, 3.05) is 19.8 Å². The summed E-state index contributed by atoms with van der Waals surface area (Å²) in [5, 5.41) is 5.87. The SMILES string of the molecule is CC[C@@H](C)N1C=NN(CN(CC)CC)C(=O)[C@H]1C. The second kappa shape index (κ2) is 6.73. The molecule has 1 aliphatic heterocycles. The molecule has 1 heterocycles. The van der Waals surface area contributed by atoms with Crippen LogP contribution in [0.15, 0.2) is 5.10 Å². The van der Waals surface area contributed by atoms with E-state index in [1.807, 2.05) is 18.2 Å². The number of rotatable bonds is 6. The molecule has 0 saturated carbocycles. The van der Waals surface area contributed by atoms with Crippen LogP contribution in [0.5, 0.6) is 0 Å². The first-order valence-corrected chi connectivity index (χ1v) is 6.90. The van der Waals surface area contributed by atoms with E-state index in [-0.39, 0.29) is 11.9 Å². The van der Waals surface area contributed by atoms with Crippen LogP contribution in [0, 0.1) is 0 Å². The number of hydrogen-bond donors (Lipinski definition) is 0. The molecule has 0 N–H and O–H groups in total. The van der Waals surface area contributed by atoms with Gasteiger partial charge in [0.15, 0.2) is 0 Å². The summed E-state index contributed by atoms with van der Waals surface area (Å²) >= 11 is 0.